The second kappa shape index (κ2) is 18.0. The molecule has 1 atom stereocenters. The maximum Gasteiger partial charge on any atom is 0.500 e. The molecule has 0 radical (unpaired) electrons. The molecule has 0 bridgehead atoms. The molecule has 0 aromatic carbocycles. The van der Waals surface area contributed by atoms with Crippen molar-refractivity contribution < 1.29 is 44.9 Å². The monoisotopic (exact) mass is 604 g/mol. The molecule has 0 fully saturated rings. The molecule has 1 unspecified atom stereocenters. The summed E-state index contributed by atoms with van der Waals surface area (Å²) in [5.41, 5.74) is 0. The topological polar surface area (TPSA) is 103 Å². The summed E-state index contributed by atoms with van der Waals surface area (Å²) in [4.78, 5) is 0. The highest BCUT2D eigenvalue weighted by atomic mass is 28.4. The molecule has 0 aliphatic carbocycles. The first-order valence-corrected chi connectivity index (χ1v) is 21.6. The van der Waals surface area contributed by atoms with Crippen LogP contribution in [0.3, 0.4) is 0 Å². The fourth-order valence-corrected chi connectivity index (χ4v) is 17.5. The van der Waals surface area contributed by atoms with Crippen molar-refractivity contribution in [3.63, 3.8) is 0 Å². The van der Waals surface area contributed by atoms with Crippen LogP contribution < -0.4 is 0 Å². The van der Waals surface area contributed by atoms with Crippen molar-refractivity contribution in [3.05, 3.63) is 0 Å². The largest absolute Gasteiger partial charge is 0.500 e. The first kappa shape index (κ1) is 37.5. The van der Waals surface area contributed by atoms with Crippen molar-refractivity contribution >= 4 is 34.5 Å². The minimum atomic E-state index is -2.72. The highest BCUT2D eigenvalue weighted by Crippen LogP contribution is 2.42. The van der Waals surface area contributed by atoms with Gasteiger partial charge in [-0.3, -0.25) is 0 Å². The lowest BCUT2D eigenvalue weighted by molar-refractivity contribution is 0.115. The van der Waals surface area contributed by atoms with Crippen LogP contribution >= 0.6 is 0 Å². The van der Waals surface area contributed by atoms with Crippen molar-refractivity contribution in [2.75, 3.05) is 64.0 Å². The van der Waals surface area contributed by atoms with Gasteiger partial charge in [-0.2, -0.15) is 0 Å². The SMILES string of the molecule is CCCC(C)(O)[Si](CCC[Si](OC)(OC)OC)(CCC[Si](OC)(OC)OC)CCC[Si](OC)(OC)OC. The molecule has 0 rings (SSSR count). The van der Waals surface area contributed by atoms with Gasteiger partial charge in [0.15, 0.2) is 0 Å². The molecule has 37 heavy (non-hydrogen) atoms. The van der Waals surface area contributed by atoms with Crippen molar-refractivity contribution in [2.24, 2.45) is 0 Å². The Morgan fingerprint density at radius 3 is 0.919 bits per heavy atom. The number of hydrogen-bond donors (Lipinski definition) is 1. The number of aliphatic hydroxyl groups is 1. The van der Waals surface area contributed by atoms with E-state index in [0.29, 0.717) is 18.1 Å². The highest BCUT2D eigenvalue weighted by molar-refractivity contribution is 6.82. The minimum Gasteiger partial charge on any atom is -0.394 e. The summed E-state index contributed by atoms with van der Waals surface area (Å²) in [5.74, 6) is 0. The van der Waals surface area contributed by atoms with Crippen LogP contribution in [0.5, 0.6) is 0 Å². The number of hydrogen-bond acceptors (Lipinski definition) is 10. The summed E-state index contributed by atoms with van der Waals surface area (Å²) in [7, 11) is 4.32. The zero-order valence-electron chi connectivity index (χ0n) is 25.4. The maximum absolute atomic E-state index is 12.0. The fourth-order valence-electron chi connectivity index (χ4n) is 5.53. The van der Waals surface area contributed by atoms with Crippen LogP contribution in [-0.4, -0.2) is 109 Å². The van der Waals surface area contributed by atoms with Gasteiger partial charge in [0.2, 0.25) is 0 Å². The fraction of sp³-hybridized carbons (Fsp3) is 1.00. The molecule has 0 aliphatic heterocycles. The van der Waals surface area contributed by atoms with Gasteiger partial charge < -0.3 is 44.9 Å². The van der Waals surface area contributed by atoms with Crippen molar-refractivity contribution in [3.8, 4) is 0 Å². The predicted molar refractivity (Wildman–Crippen MR) is 154 cm³/mol. The summed E-state index contributed by atoms with van der Waals surface area (Å²) >= 11 is 0. The molecule has 0 amide bonds. The van der Waals surface area contributed by atoms with E-state index in [2.05, 4.69) is 6.92 Å². The van der Waals surface area contributed by atoms with Crippen molar-refractivity contribution in [1.29, 1.82) is 0 Å². The lowest BCUT2D eigenvalue weighted by Gasteiger charge is -2.45. The van der Waals surface area contributed by atoms with Gasteiger partial charge in [-0.25, -0.2) is 0 Å². The average molecular weight is 605 g/mol. The molecular formula is C23H56O10Si4. The Labute approximate surface area is 230 Å². The number of rotatable bonds is 24. The molecule has 0 heterocycles. The standard InChI is InChI=1S/C23H56O10Si4/c1-12-16-23(2,24)34(17-13-20-35(25-3,26-4)27-5,18-14-21-36(28-6,29-7)30-8)19-15-22-37(31-9,32-10)33-11/h24H,12-22H2,1-11H3. The third-order valence-corrected chi connectivity index (χ3v) is 23.1. The molecule has 224 valence electrons. The van der Waals surface area contributed by atoms with Gasteiger partial charge in [-0.15, -0.1) is 0 Å². The quantitative estimate of drug-likeness (QED) is 0.160. The van der Waals surface area contributed by atoms with E-state index in [9.17, 15) is 5.11 Å². The Hall–Kier alpha value is 0.468. The molecule has 0 aromatic rings. The molecule has 0 saturated heterocycles. The van der Waals surface area contributed by atoms with Crippen LogP contribution in [-0.2, 0) is 39.8 Å². The zero-order chi connectivity index (χ0) is 28.6. The smallest absolute Gasteiger partial charge is 0.394 e. The lowest BCUT2D eigenvalue weighted by Crippen LogP contribution is -2.57. The molecule has 0 aromatic heterocycles. The molecule has 0 aliphatic rings. The zero-order valence-corrected chi connectivity index (χ0v) is 29.4. The molecule has 14 heteroatoms. The third kappa shape index (κ3) is 10.4. The van der Waals surface area contributed by atoms with E-state index in [1.54, 1.807) is 64.0 Å². The Morgan fingerprint density at radius 1 is 0.486 bits per heavy atom. The van der Waals surface area contributed by atoms with E-state index in [0.717, 1.165) is 50.2 Å². The van der Waals surface area contributed by atoms with E-state index in [4.69, 9.17) is 39.8 Å². The first-order valence-electron chi connectivity index (χ1n) is 13.2. The van der Waals surface area contributed by atoms with Crippen LogP contribution in [0.1, 0.15) is 46.0 Å². The van der Waals surface area contributed by atoms with Gasteiger partial charge >= 0.3 is 26.4 Å². The summed E-state index contributed by atoms with van der Waals surface area (Å²) in [5, 5.41) is 11.3. The average Bonchev–Trinajstić information content (AvgIpc) is 2.92. The van der Waals surface area contributed by atoms with E-state index in [1.807, 2.05) is 6.92 Å². The molecule has 10 nitrogen and oxygen atoms in total. The van der Waals surface area contributed by atoms with Gasteiger partial charge in [-0.1, -0.05) is 50.7 Å². The van der Waals surface area contributed by atoms with Crippen LogP contribution in [0.4, 0.5) is 0 Å². The first-order chi connectivity index (χ1) is 17.5. The normalized spacial score (nSPS) is 15.2. The van der Waals surface area contributed by atoms with Crippen LogP contribution in [0.2, 0.25) is 36.3 Å². The predicted octanol–water partition coefficient (Wildman–Crippen LogP) is 4.33. The Bertz CT molecular complexity index is 499. The van der Waals surface area contributed by atoms with E-state index in [1.165, 1.54) is 0 Å². The Kier molecular flexibility index (Phi) is 18.2. The summed E-state index contributed by atoms with van der Waals surface area (Å²) in [6.45, 7) is 4.17. The van der Waals surface area contributed by atoms with E-state index < -0.39 is 39.7 Å². The van der Waals surface area contributed by atoms with Crippen molar-refractivity contribution in [1.82, 2.24) is 0 Å². The van der Waals surface area contributed by atoms with Gasteiger partial charge in [-0.05, 0) is 13.3 Å². The maximum atomic E-state index is 12.0. The molecule has 0 spiro atoms. The second-order valence-corrected chi connectivity index (χ2v) is 24.2. The van der Waals surface area contributed by atoms with Crippen LogP contribution in [0.25, 0.3) is 0 Å². The minimum absolute atomic E-state index is 0.702. The van der Waals surface area contributed by atoms with Gasteiger partial charge in [0.05, 0.1) is 13.3 Å². The van der Waals surface area contributed by atoms with E-state index >= 15 is 0 Å². The second-order valence-electron chi connectivity index (χ2n) is 9.75. The lowest BCUT2D eigenvalue weighted by atomic mass is 10.2. The van der Waals surface area contributed by atoms with Gasteiger partial charge in [0, 0.05) is 82.1 Å². The summed E-state index contributed by atoms with van der Waals surface area (Å²) in [6.07, 6.45) is 4.24. The van der Waals surface area contributed by atoms with Gasteiger partial charge in [0.25, 0.3) is 0 Å². The Morgan fingerprint density at radius 2 is 0.730 bits per heavy atom. The van der Waals surface area contributed by atoms with E-state index in [-0.39, 0.29) is 0 Å². The van der Waals surface area contributed by atoms with Crippen LogP contribution in [0.15, 0.2) is 0 Å². The third-order valence-electron chi connectivity index (χ3n) is 8.09. The molecule has 1 N–H and O–H groups in total. The summed E-state index contributed by atoms with van der Waals surface area (Å²) < 4.78 is 51.1. The van der Waals surface area contributed by atoms with Gasteiger partial charge in [0.1, 0.15) is 0 Å². The molecular weight excluding hydrogens is 549 g/mol. The highest BCUT2D eigenvalue weighted by Gasteiger charge is 2.50. The molecule has 0 saturated carbocycles. The van der Waals surface area contributed by atoms with Crippen molar-refractivity contribution in [2.45, 2.75) is 87.4 Å². The summed E-state index contributed by atoms with van der Waals surface area (Å²) in [6, 6.07) is 4.88. The Balaban J connectivity index is 6.11. The van der Waals surface area contributed by atoms with Crippen LogP contribution in [0, 0.1) is 0 Å².